The lowest BCUT2D eigenvalue weighted by Crippen LogP contribution is -2.57. The van der Waals surface area contributed by atoms with E-state index in [1.165, 1.54) is 4.68 Å². The fourth-order valence-corrected chi connectivity index (χ4v) is 4.98. The van der Waals surface area contributed by atoms with Crippen molar-refractivity contribution >= 4 is 10.0 Å². The summed E-state index contributed by atoms with van der Waals surface area (Å²) in [6.45, 7) is 4.99. The zero-order chi connectivity index (χ0) is 16.0. The van der Waals surface area contributed by atoms with E-state index in [1.54, 1.807) is 24.3 Å². The lowest BCUT2D eigenvalue weighted by molar-refractivity contribution is -0.117. The van der Waals surface area contributed by atoms with E-state index in [9.17, 15) is 8.42 Å². The van der Waals surface area contributed by atoms with E-state index in [-0.39, 0.29) is 10.6 Å². The first-order valence-corrected chi connectivity index (χ1v) is 9.10. The molecule has 0 N–H and O–H groups in total. The van der Waals surface area contributed by atoms with Crippen molar-refractivity contribution in [2.24, 2.45) is 7.05 Å². The number of rotatable bonds is 2. The summed E-state index contributed by atoms with van der Waals surface area (Å²) in [5, 5.41) is 4.42. The average molecular weight is 328 g/mol. The predicted molar refractivity (Wildman–Crippen MR) is 82.1 cm³/mol. The van der Waals surface area contributed by atoms with Crippen molar-refractivity contribution in [3.8, 4) is 0 Å². The van der Waals surface area contributed by atoms with E-state index in [4.69, 9.17) is 4.74 Å². The summed E-state index contributed by atoms with van der Waals surface area (Å²) in [5.41, 5.74) is 0.384. The maximum atomic E-state index is 12.9. The van der Waals surface area contributed by atoms with Crippen molar-refractivity contribution in [1.82, 2.24) is 19.0 Å². The minimum atomic E-state index is -3.52. The van der Waals surface area contributed by atoms with Crippen LogP contribution in [0.25, 0.3) is 0 Å². The van der Waals surface area contributed by atoms with Crippen LogP contribution in [0.4, 0.5) is 0 Å². The molecule has 2 saturated heterocycles. The Morgan fingerprint density at radius 2 is 1.91 bits per heavy atom. The summed E-state index contributed by atoms with van der Waals surface area (Å²) >= 11 is 0. The van der Waals surface area contributed by atoms with Gasteiger partial charge in [-0.1, -0.05) is 0 Å². The van der Waals surface area contributed by atoms with Gasteiger partial charge < -0.3 is 9.64 Å². The van der Waals surface area contributed by atoms with Gasteiger partial charge in [0, 0.05) is 33.2 Å². The Balaban J connectivity index is 1.84. The number of piperidine rings is 1. The van der Waals surface area contributed by atoms with Crippen LogP contribution in [0, 0.1) is 6.92 Å². The third kappa shape index (κ3) is 2.80. The van der Waals surface area contributed by atoms with Crippen molar-refractivity contribution in [2.45, 2.75) is 30.4 Å². The molecule has 2 aliphatic heterocycles. The Kier molecular flexibility index (Phi) is 4.05. The van der Waals surface area contributed by atoms with Crippen LogP contribution in [-0.4, -0.2) is 72.8 Å². The molecule has 0 radical (unpaired) electrons. The van der Waals surface area contributed by atoms with Crippen LogP contribution in [-0.2, 0) is 21.8 Å². The number of hydrogen-bond donors (Lipinski definition) is 0. The number of aromatic nitrogens is 2. The van der Waals surface area contributed by atoms with Gasteiger partial charge in [0.15, 0.2) is 5.03 Å². The van der Waals surface area contributed by atoms with Crippen LogP contribution in [0.3, 0.4) is 0 Å². The lowest BCUT2D eigenvalue weighted by Gasteiger charge is -2.46. The Morgan fingerprint density at radius 1 is 1.23 bits per heavy atom. The van der Waals surface area contributed by atoms with Gasteiger partial charge in [-0.2, -0.15) is 9.40 Å². The van der Waals surface area contributed by atoms with E-state index < -0.39 is 10.0 Å². The first-order chi connectivity index (χ1) is 10.3. The Morgan fingerprint density at radius 3 is 2.50 bits per heavy atom. The van der Waals surface area contributed by atoms with Crippen LogP contribution in [0.2, 0.25) is 0 Å². The second-order valence-electron chi connectivity index (χ2n) is 6.42. The number of hydrogen-bond acceptors (Lipinski definition) is 5. The fourth-order valence-electron chi connectivity index (χ4n) is 3.30. The molecule has 0 atom stereocenters. The van der Waals surface area contributed by atoms with Gasteiger partial charge >= 0.3 is 0 Å². The molecule has 1 spiro atoms. The van der Waals surface area contributed by atoms with Gasteiger partial charge in [-0.15, -0.1) is 0 Å². The smallest absolute Gasteiger partial charge is 0.260 e. The molecule has 8 heteroatoms. The molecule has 0 saturated carbocycles. The summed E-state index contributed by atoms with van der Waals surface area (Å²) in [7, 11) is 0.238. The van der Waals surface area contributed by atoms with Crippen LogP contribution < -0.4 is 0 Å². The summed E-state index contributed by atoms with van der Waals surface area (Å²) in [6.07, 6.45) is 1.75. The molecule has 7 nitrogen and oxygen atoms in total. The summed E-state index contributed by atoms with van der Waals surface area (Å²) in [6, 6.07) is 1.63. The van der Waals surface area contributed by atoms with Crippen molar-refractivity contribution in [1.29, 1.82) is 0 Å². The third-order valence-electron chi connectivity index (χ3n) is 4.67. The summed E-state index contributed by atoms with van der Waals surface area (Å²) in [5.74, 6) is 0. The number of morpholine rings is 1. The quantitative estimate of drug-likeness (QED) is 0.777. The molecule has 0 unspecified atom stereocenters. The molecule has 2 aliphatic rings. The number of aryl methyl sites for hydroxylation is 2. The molecule has 0 aliphatic carbocycles. The summed E-state index contributed by atoms with van der Waals surface area (Å²) in [4.78, 5) is 2.26. The topological polar surface area (TPSA) is 67.7 Å². The SMILES string of the molecule is Cc1cc(S(=O)(=O)N2CCOC3(CCN(C)CC3)C2)n(C)n1. The van der Waals surface area contributed by atoms with Gasteiger partial charge in [0.1, 0.15) is 0 Å². The maximum absolute atomic E-state index is 12.9. The van der Waals surface area contributed by atoms with Crippen LogP contribution in [0.1, 0.15) is 18.5 Å². The molecule has 0 amide bonds. The van der Waals surface area contributed by atoms with Gasteiger partial charge in [-0.3, -0.25) is 4.68 Å². The van der Waals surface area contributed by atoms with E-state index in [1.807, 2.05) is 0 Å². The average Bonchev–Trinajstić information content (AvgIpc) is 2.82. The number of sulfonamides is 1. The predicted octanol–water partition coefficient (Wildman–Crippen LogP) is 0.214. The second kappa shape index (κ2) is 5.59. The number of likely N-dealkylation sites (tertiary alicyclic amines) is 1. The zero-order valence-electron chi connectivity index (χ0n) is 13.4. The van der Waals surface area contributed by atoms with Gasteiger partial charge in [0.2, 0.25) is 0 Å². The van der Waals surface area contributed by atoms with Gasteiger partial charge in [-0.05, 0) is 32.9 Å². The van der Waals surface area contributed by atoms with E-state index in [2.05, 4.69) is 17.0 Å². The Hall–Kier alpha value is -0.960. The third-order valence-corrected chi connectivity index (χ3v) is 6.58. The highest BCUT2D eigenvalue weighted by Gasteiger charge is 2.43. The van der Waals surface area contributed by atoms with E-state index in [0.717, 1.165) is 25.9 Å². The molecule has 3 heterocycles. The van der Waals surface area contributed by atoms with Gasteiger partial charge in [-0.25, -0.2) is 8.42 Å². The zero-order valence-corrected chi connectivity index (χ0v) is 14.3. The molecular weight excluding hydrogens is 304 g/mol. The van der Waals surface area contributed by atoms with E-state index >= 15 is 0 Å². The fraction of sp³-hybridized carbons (Fsp3) is 0.786. The molecule has 1 aromatic heterocycles. The van der Waals surface area contributed by atoms with Crippen LogP contribution in [0.5, 0.6) is 0 Å². The normalized spacial score (nSPS) is 24.0. The highest BCUT2D eigenvalue weighted by Crippen LogP contribution is 2.32. The Bertz CT molecular complexity index is 647. The molecular formula is C14H24N4O3S. The largest absolute Gasteiger partial charge is 0.372 e. The van der Waals surface area contributed by atoms with E-state index in [0.29, 0.717) is 25.4 Å². The highest BCUT2D eigenvalue weighted by molar-refractivity contribution is 7.89. The summed E-state index contributed by atoms with van der Waals surface area (Å²) < 4.78 is 34.8. The van der Waals surface area contributed by atoms with Crippen LogP contribution >= 0.6 is 0 Å². The first-order valence-electron chi connectivity index (χ1n) is 7.66. The van der Waals surface area contributed by atoms with Crippen molar-refractivity contribution in [3.05, 3.63) is 11.8 Å². The van der Waals surface area contributed by atoms with Gasteiger partial charge in [0.05, 0.1) is 17.9 Å². The minimum absolute atomic E-state index is 0.259. The molecule has 0 aromatic carbocycles. The monoisotopic (exact) mass is 328 g/mol. The number of ether oxygens (including phenoxy) is 1. The highest BCUT2D eigenvalue weighted by atomic mass is 32.2. The lowest BCUT2D eigenvalue weighted by atomic mass is 9.90. The van der Waals surface area contributed by atoms with Crippen molar-refractivity contribution in [3.63, 3.8) is 0 Å². The first kappa shape index (κ1) is 15.9. The van der Waals surface area contributed by atoms with Gasteiger partial charge in [0.25, 0.3) is 10.0 Å². The molecule has 3 rings (SSSR count). The van der Waals surface area contributed by atoms with Crippen LogP contribution in [0.15, 0.2) is 11.1 Å². The van der Waals surface area contributed by atoms with Crippen molar-refractivity contribution < 1.29 is 13.2 Å². The maximum Gasteiger partial charge on any atom is 0.260 e. The Labute approximate surface area is 131 Å². The molecule has 2 fully saturated rings. The molecule has 22 heavy (non-hydrogen) atoms. The van der Waals surface area contributed by atoms with Crippen molar-refractivity contribution in [2.75, 3.05) is 39.8 Å². The second-order valence-corrected chi connectivity index (χ2v) is 8.31. The molecule has 124 valence electrons. The number of nitrogens with zero attached hydrogens (tertiary/aromatic N) is 4. The standard InChI is InChI=1S/C14H24N4O3S/c1-12-10-13(17(3)15-12)22(19,20)18-8-9-21-14(11-18)4-6-16(2)7-5-14/h10H,4-9,11H2,1-3H3. The minimum Gasteiger partial charge on any atom is -0.372 e. The molecule has 0 bridgehead atoms. The molecule has 1 aromatic rings.